The van der Waals surface area contributed by atoms with Crippen LogP contribution in [0.2, 0.25) is 0 Å². The van der Waals surface area contributed by atoms with E-state index in [-0.39, 0.29) is 28.5 Å². The molecule has 1 aromatic rings. The molecule has 0 saturated carbocycles. The highest BCUT2D eigenvalue weighted by molar-refractivity contribution is 5.98. The molecule has 0 radical (unpaired) electrons. The van der Waals surface area contributed by atoms with Crippen molar-refractivity contribution in [2.24, 2.45) is 0 Å². The van der Waals surface area contributed by atoms with E-state index in [1.165, 1.54) is 12.1 Å². The number of benzene rings is 1. The van der Waals surface area contributed by atoms with E-state index in [1.54, 1.807) is 11.0 Å². The predicted octanol–water partition coefficient (Wildman–Crippen LogP) is 2.11. The Labute approximate surface area is 100 Å². The van der Waals surface area contributed by atoms with Crippen molar-refractivity contribution in [3.8, 4) is 11.5 Å². The Hall–Kier alpha value is -1.71. The number of para-hydroxylation sites is 1. The first-order chi connectivity index (χ1) is 7.93. The second-order valence-electron chi connectivity index (χ2n) is 5.05. The maximum absolute atomic E-state index is 12.3. The fraction of sp³-hybridized carbons (Fsp3) is 0.462. The summed E-state index contributed by atoms with van der Waals surface area (Å²) in [6.07, 6.45) is 1.93. The summed E-state index contributed by atoms with van der Waals surface area (Å²) in [6, 6.07) is 4.46. The monoisotopic (exact) mass is 235 g/mol. The van der Waals surface area contributed by atoms with Gasteiger partial charge in [0.1, 0.15) is 0 Å². The van der Waals surface area contributed by atoms with Gasteiger partial charge in [0.25, 0.3) is 5.91 Å². The normalized spacial score (nSPS) is 18.4. The number of hydrogen-bond donors (Lipinski definition) is 2. The van der Waals surface area contributed by atoms with Crippen molar-refractivity contribution in [3.05, 3.63) is 23.8 Å². The first kappa shape index (κ1) is 11.8. The van der Waals surface area contributed by atoms with Gasteiger partial charge in [-0.3, -0.25) is 4.79 Å². The average Bonchev–Trinajstić information content (AvgIpc) is 2.61. The van der Waals surface area contributed by atoms with Gasteiger partial charge in [-0.15, -0.1) is 0 Å². The number of hydrogen-bond acceptors (Lipinski definition) is 3. The van der Waals surface area contributed by atoms with E-state index in [4.69, 9.17) is 0 Å². The van der Waals surface area contributed by atoms with Crippen molar-refractivity contribution < 1.29 is 15.0 Å². The van der Waals surface area contributed by atoms with Crippen LogP contribution in [-0.2, 0) is 0 Å². The number of carbonyl (C=O) groups excluding carboxylic acids is 1. The van der Waals surface area contributed by atoms with Gasteiger partial charge in [-0.05, 0) is 38.8 Å². The molecule has 2 rings (SSSR count). The minimum absolute atomic E-state index is 0.167. The fourth-order valence-electron chi connectivity index (χ4n) is 2.33. The van der Waals surface area contributed by atoms with Crippen LogP contribution in [0.3, 0.4) is 0 Å². The van der Waals surface area contributed by atoms with Crippen molar-refractivity contribution in [1.29, 1.82) is 0 Å². The van der Waals surface area contributed by atoms with Crippen molar-refractivity contribution in [1.82, 2.24) is 4.90 Å². The second-order valence-corrected chi connectivity index (χ2v) is 5.05. The number of phenols is 2. The van der Waals surface area contributed by atoms with Crippen LogP contribution in [0.15, 0.2) is 18.2 Å². The van der Waals surface area contributed by atoms with Crippen molar-refractivity contribution in [2.45, 2.75) is 32.2 Å². The van der Waals surface area contributed by atoms with Gasteiger partial charge in [-0.2, -0.15) is 0 Å². The van der Waals surface area contributed by atoms with Gasteiger partial charge in [0.05, 0.1) is 5.56 Å². The molecule has 0 atom stereocenters. The maximum Gasteiger partial charge on any atom is 0.258 e. The van der Waals surface area contributed by atoms with E-state index in [9.17, 15) is 15.0 Å². The molecule has 17 heavy (non-hydrogen) atoms. The predicted molar refractivity (Wildman–Crippen MR) is 64.1 cm³/mol. The number of likely N-dealkylation sites (tertiary alicyclic amines) is 1. The fourth-order valence-corrected chi connectivity index (χ4v) is 2.33. The lowest BCUT2D eigenvalue weighted by molar-refractivity contribution is 0.0648. The quantitative estimate of drug-likeness (QED) is 0.733. The zero-order valence-electron chi connectivity index (χ0n) is 10.1. The van der Waals surface area contributed by atoms with E-state index in [0.29, 0.717) is 6.54 Å². The number of rotatable bonds is 1. The lowest BCUT2D eigenvalue weighted by atomic mass is 10.0. The summed E-state index contributed by atoms with van der Waals surface area (Å²) in [5, 5.41) is 19.1. The second kappa shape index (κ2) is 3.95. The molecule has 4 nitrogen and oxygen atoms in total. The number of nitrogens with zero attached hydrogens (tertiary/aromatic N) is 1. The Morgan fingerprint density at radius 2 is 2.06 bits per heavy atom. The Kier molecular flexibility index (Phi) is 2.73. The van der Waals surface area contributed by atoms with Gasteiger partial charge >= 0.3 is 0 Å². The van der Waals surface area contributed by atoms with Gasteiger partial charge in [-0.25, -0.2) is 0 Å². The van der Waals surface area contributed by atoms with Crippen LogP contribution in [0.1, 0.15) is 37.0 Å². The average molecular weight is 235 g/mol. The molecule has 0 spiro atoms. The molecule has 0 aliphatic carbocycles. The summed E-state index contributed by atoms with van der Waals surface area (Å²) in [4.78, 5) is 14.0. The van der Waals surface area contributed by atoms with Crippen LogP contribution in [0.4, 0.5) is 0 Å². The van der Waals surface area contributed by atoms with Gasteiger partial charge in [-0.1, -0.05) is 6.07 Å². The zero-order valence-corrected chi connectivity index (χ0v) is 10.1. The third-order valence-corrected chi connectivity index (χ3v) is 3.39. The van der Waals surface area contributed by atoms with Gasteiger partial charge < -0.3 is 15.1 Å². The van der Waals surface area contributed by atoms with Crippen LogP contribution >= 0.6 is 0 Å². The van der Waals surface area contributed by atoms with Crippen LogP contribution in [0.25, 0.3) is 0 Å². The largest absolute Gasteiger partial charge is 0.504 e. The standard InChI is InChI=1S/C13H17NO3/c1-13(2)7-4-8-14(13)12(17)9-5-3-6-10(15)11(9)16/h3,5-6,15-16H,4,7-8H2,1-2H3. The number of phenolic OH excluding ortho intramolecular Hbond substituents is 2. The van der Waals surface area contributed by atoms with Crippen LogP contribution in [0, 0.1) is 0 Å². The molecule has 1 aliphatic rings. The Bertz CT molecular complexity index is 454. The smallest absolute Gasteiger partial charge is 0.258 e. The van der Waals surface area contributed by atoms with Crippen LogP contribution < -0.4 is 0 Å². The molecular formula is C13H17NO3. The van der Waals surface area contributed by atoms with Crippen LogP contribution in [-0.4, -0.2) is 33.1 Å². The maximum atomic E-state index is 12.3. The van der Waals surface area contributed by atoms with E-state index >= 15 is 0 Å². The summed E-state index contributed by atoms with van der Waals surface area (Å²) < 4.78 is 0. The van der Waals surface area contributed by atoms with Crippen molar-refractivity contribution in [2.75, 3.05) is 6.54 Å². The first-order valence-electron chi connectivity index (χ1n) is 5.76. The van der Waals surface area contributed by atoms with E-state index < -0.39 is 0 Å². The third kappa shape index (κ3) is 1.95. The molecule has 1 saturated heterocycles. The minimum Gasteiger partial charge on any atom is -0.504 e. The summed E-state index contributed by atoms with van der Waals surface area (Å²) in [7, 11) is 0. The van der Waals surface area contributed by atoms with Gasteiger partial charge in [0.2, 0.25) is 0 Å². The lowest BCUT2D eigenvalue weighted by Crippen LogP contribution is -2.42. The number of carbonyl (C=O) groups is 1. The topological polar surface area (TPSA) is 60.8 Å². The zero-order chi connectivity index (χ0) is 12.6. The van der Waals surface area contributed by atoms with Crippen LogP contribution in [0.5, 0.6) is 11.5 Å². The minimum atomic E-state index is -0.333. The van der Waals surface area contributed by atoms with Crippen molar-refractivity contribution in [3.63, 3.8) is 0 Å². The lowest BCUT2D eigenvalue weighted by Gasteiger charge is -2.31. The molecule has 92 valence electrons. The van der Waals surface area contributed by atoms with Gasteiger partial charge in [0.15, 0.2) is 11.5 Å². The Morgan fingerprint density at radius 1 is 1.35 bits per heavy atom. The highest BCUT2D eigenvalue weighted by Gasteiger charge is 2.36. The highest BCUT2D eigenvalue weighted by Crippen LogP contribution is 2.34. The molecule has 1 heterocycles. The molecule has 4 heteroatoms. The Balaban J connectivity index is 2.35. The third-order valence-electron chi connectivity index (χ3n) is 3.39. The number of aromatic hydroxyl groups is 2. The summed E-state index contributed by atoms with van der Waals surface area (Å²) >= 11 is 0. The molecule has 1 aliphatic heterocycles. The molecule has 2 N–H and O–H groups in total. The van der Waals surface area contributed by atoms with E-state index in [1.807, 2.05) is 13.8 Å². The Morgan fingerprint density at radius 3 is 2.65 bits per heavy atom. The summed E-state index contributed by atoms with van der Waals surface area (Å²) in [6.45, 7) is 4.72. The highest BCUT2D eigenvalue weighted by atomic mass is 16.3. The molecule has 0 bridgehead atoms. The number of amides is 1. The first-order valence-corrected chi connectivity index (χ1v) is 5.76. The molecule has 0 aromatic heterocycles. The molecular weight excluding hydrogens is 218 g/mol. The molecule has 0 unspecified atom stereocenters. The summed E-state index contributed by atoms with van der Waals surface area (Å²) in [5.41, 5.74) is -0.0189. The van der Waals surface area contributed by atoms with E-state index in [2.05, 4.69) is 0 Å². The molecule has 1 aromatic carbocycles. The van der Waals surface area contributed by atoms with Gasteiger partial charge in [0, 0.05) is 12.1 Å². The van der Waals surface area contributed by atoms with Crippen molar-refractivity contribution >= 4 is 5.91 Å². The SMILES string of the molecule is CC1(C)CCCN1C(=O)c1cccc(O)c1O. The van der Waals surface area contributed by atoms with E-state index in [0.717, 1.165) is 12.8 Å². The molecule has 1 amide bonds. The molecule has 1 fully saturated rings. The summed E-state index contributed by atoms with van der Waals surface area (Å²) in [5.74, 6) is -0.811.